The lowest BCUT2D eigenvalue weighted by Gasteiger charge is -2.09. The van der Waals surface area contributed by atoms with E-state index in [1.165, 1.54) is 13.0 Å². The van der Waals surface area contributed by atoms with E-state index >= 15 is 0 Å². The Kier molecular flexibility index (Phi) is 5.97. The molecule has 9 heteroatoms. The zero-order valence-electron chi connectivity index (χ0n) is 15.9. The van der Waals surface area contributed by atoms with Gasteiger partial charge in [0.1, 0.15) is 17.6 Å². The molecule has 2 aromatic rings. The van der Waals surface area contributed by atoms with Crippen LogP contribution in [0.15, 0.2) is 58.4 Å². The third kappa shape index (κ3) is 4.62. The van der Waals surface area contributed by atoms with Crippen LogP contribution in [0.3, 0.4) is 0 Å². The Hall–Kier alpha value is -3.20. The summed E-state index contributed by atoms with van der Waals surface area (Å²) in [6.07, 6.45) is 0. The van der Waals surface area contributed by atoms with Crippen molar-refractivity contribution in [1.29, 1.82) is 0 Å². The predicted octanol–water partition coefficient (Wildman–Crippen LogP) is 1.94. The van der Waals surface area contributed by atoms with Gasteiger partial charge in [-0.05, 0) is 50.2 Å². The summed E-state index contributed by atoms with van der Waals surface area (Å²) < 4.78 is 36.9. The second-order valence-electron chi connectivity index (χ2n) is 6.24. The number of aliphatic imine (C=N–C) groups is 1. The van der Waals surface area contributed by atoms with Crippen molar-refractivity contribution in [3.8, 4) is 5.75 Å². The van der Waals surface area contributed by atoms with Crippen LogP contribution < -0.4 is 9.46 Å². The number of ketones is 1. The van der Waals surface area contributed by atoms with Crippen LogP contribution in [0.2, 0.25) is 0 Å². The number of amidine groups is 1. The summed E-state index contributed by atoms with van der Waals surface area (Å²) in [5.41, 5.74) is 0.773. The molecule has 152 valence electrons. The van der Waals surface area contributed by atoms with Crippen LogP contribution in [0.1, 0.15) is 29.8 Å². The number of carbonyl (C=O) groups is 2. The van der Waals surface area contributed by atoms with E-state index in [0.717, 1.165) is 0 Å². The first kappa shape index (κ1) is 20.5. The quantitative estimate of drug-likeness (QED) is 0.545. The van der Waals surface area contributed by atoms with Crippen LogP contribution in [0, 0.1) is 0 Å². The lowest BCUT2D eigenvalue weighted by atomic mass is 10.1. The van der Waals surface area contributed by atoms with Crippen molar-refractivity contribution in [2.24, 2.45) is 4.99 Å². The summed E-state index contributed by atoms with van der Waals surface area (Å²) in [6, 6.07) is 11.8. The van der Waals surface area contributed by atoms with E-state index in [9.17, 15) is 18.0 Å². The Morgan fingerprint density at radius 1 is 1.10 bits per heavy atom. The maximum Gasteiger partial charge on any atom is 0.331 e. The van der Waals surface area contributed by atoms with Gasteiger partial charge < -0.3 is 9.47 Å². The standard InChI is InChI=1S/C20H20N2O6S/c1-3-27-15-10-8-14(9-11-15)17(23)12-28-20(24)13(2)21-19-16-6-4-5-7-18(16)29(25,26)22-19/h4-11,13H,3,12H2,1-2H3,(H,21,22)/t13-/m1/s1. The molecule has 1 aliphatic rings. The second-order valence-corrected chi connectivity index (χ2v) is 7.89. The molecule has 0 amide bonds. The fraction of sp³-hybridized carbons (Fsp3) is 0.250. The molecule has 0 fully saturated rings. The molecule has 3 rings (SSSR count). The first-order valence-corrected chi connectivity index (χ1v) is 10.4. The molecule has 0 aromatic heterocycles. The molecule has 1 N–H and O–H groups in total. The number of benzene rings is 2. The summed E-state index contributed by atoms with van der Waals surface area (Å²) in [7, 11) is -3.69. The highest BCUT2D eigenvalue weighted by Crippen LogP contribution is 2.22. The van der Waals surface area contributed by atoms with Gasteiger partial charge in [-0.1, -0.05) is 12.1 Å². The minimum Gasteiger partial charge on any atom is -0.494 e. The van der Waals surface area contributed by atoms with E-state index in [0.29, 0.717) is 23.5 Å². The van der Waals surface area contributed by atoms with Gasteiger partial charge in [0.2, 0.25) is 0 Å². The summed E-state index contributed by atoms with van der Waals surface area (Å²) in [4.78, 5) is 28.6. The van der Waals surface area contributed by atoms with E-state index in [-0.39, 0.29) is 16.5 Å². The molecule has 0 unspecified atom stereocenters. The summed E-state index contributed by atoms with van der Waals surface area (Å²) in [5, 5.41) is 0. The van der Waals surface area contributed by atoms with E-state index in [4.69, 9.17) is 9.47 Å². The number of nitrogens with zero attached hydrogens (tertiary/aromatic N) is 1. The predicted molar refractivity (Wildman–Crippen MR) is 106 cm³/mol. The van der Waals surface area contributed by atoms with Crippen molar-refractivity contribution in [3.63, 3.8) is 0 Å². The first-order chi connectivity index (χ1) is 13.8. The highest BCUT2D eigenvalue weighted by atomic mass is 32.2. The van der Waals surface area contributed by atoms with Gasteiger partial charge in [0.15, 0.2) is 12.4 Å². The summed E-state index contributed by atoms with van der Waals surface area (Å²) in [6.45, 7) is 3.40. The average molecular weight is 416 g/mol. The van der Waals surface area contributed by atoms with Crippen LogP contribution >= 0.6 is 0 Å². The number of ether oxygens (including phenoxy) is 2. The maximum atomic E-state index is 12.2. The molecule has 0 bridgehead atoms. The Balaban J connectivity index is 1.63. The van der Waals surface area contributed by atoms with Crippen molar-refractivity contribution >= 4 is 27.6 Å². The topological polar surface area (TPSA) is 111 Å². The third-order valence-electron chi connectivity index (χ3n) is 4.16. The number of hydrogen-bond acceptors (Lipinski definition) is 7. The summed E-state index contributed by atoms with van der Waals surface area (Å²) >= 11 is 0. The smallest absolute Gasteiger partial charge is 0.331 e. The Morgan fingerprint density at radius 2 is 1.79 bits per heavy atom. The van der Waals surface area contributed by atoms with Crippen LogP contribution in [-0.4, -0.2) is 45.3 Å². The minimum atomic E-state index is -3.69. The molecular weight excluding hydrogens is 396 g/mol. The van der Waals surface area contributed by atoms with Crippen molar-refractivity contribution in [2.75, 3.05) is 13.2 Å². The number of hydrogen-bond donors (Lipinski definition) is 1. The largest absolute Gasteiger partial charge is 0.494 e. The lowest BCUT2D eigenvalue weighted by Crippen LogP contribution is -2.27. The maximum absolute atomic E-state index is 12.2. The molecule has 2 aromatic carbocycles. The molecule has 0 aliphatic carbocycles. The Labute approximate surface area is 168 Å². The van der Waals surface area contributed by atoms with E-state index in [1.54, 1.807) is 42.5 Å². The first-order valence-electron chi connectivity index (χ1n) is 8.94. The number of esters is 1. The van der Waals surface area contributed by atoms with E-state index in [1.807, 2.05) is 6.92 Å². The molecule has 1 atom stereocenters. The second kappa shape index (κ2) is 8.44. The van der Waals surface area contributed by atoms with Crippen LogP contribution in [0.25, 0.3) is 0 Å². The molecule has 1 aliphatic heterocycles. The minimum absolute atomic E-state index is 0.0721. The van der Waals surface area contributed by atoms with Gasteiger partial charge in [-0.2, -0.15) is 0 Å². The third-order valence-corrected chi connectivity index (χ3v) is 5.56. The fourth-order valence-corrected chi connectivity index (χ4v) is 3.96. The van der Waals surface area contributed by atoms with Gasteiger partial charge >= 0.3 is 5.97 Å². The zero-order chi connectivity index (χ0) is 21.0. The molecule has 0 saturated carbocycles. The number of carbonyl (C=O) groups excluding carboxylic acids is 2. The SMILES string of the molecule is CCOc1ccc(C(=O)COC(=O)[C@@H](C)N=C2NS(=O)(=O)c3ccccc32)cc1. The molecule has 0 saturated heterocycles. The number of nitrogens with one attached hydrogen (secondary N) is 1. The van der Waals surface area contributed by atoms with Gasteiger partial charge in [0.25, 0.3) is 10.0 Å². The van der Waals surface area contributed by atoms with Gasteiger partial charge in [-0.15, -0.1) is 0 Å². The van der Waals surface area contributed by atoms with E-state index in [2.05, 4.69) is 9.71 Å². The fourth-order valence-electron chi connectivity index (χ4n) is 2.72. The van der Waals surface area contributed by atoms with Crippen molar-refractivity contribution < 1.29 is 27.5 Å². The van der Waals surface area contributed by atoms with Crippen LogP contribution in [0.4, 0.5) is 0 Å². The van der Waals surface area contributed by atoms with Crippen molar-refractivity contribution in [1.82, 2.24) is 4.72 Å². The molecule has 8 nitrogen and oxygen atoms in total. The summed E-state index contributed by atoms with van der Waals surface area (Å²) in [5.74, 6) is -0.388. The van der Waals surface area contributed by atoms with Gasteiger partial charge in [-0.3, -0.25) is 14.5 Å². The molecule has 29 heavy (non-hydrogen) atoms. The number of sulfonamides is 1. The van der Waals surface area contributed by atoms with Gasteiger partial charge in [0, 0.05) is 11.1 Å². The Morgan fingerprint density at radius 3 is 2.48 bits per heavy atom. The normalized spacial score (nSPS) is 16.6. The zero-order valence-corrected chi connectivity index (χ0v) is 16.7. The monoisotopic (exact) mass is 416 g/mol. The average Bonchev–Trinajstić information content (AvgIpc) is 2.97. The number of rotatable bonds is 7. The molecule has 0 spiro atoms. The van der Waals surface area contributed by atoms with Crippen LogP contribution in [-0.2, 0) is 19.6 Å². The number of fused-ring (bicyclic) bond motifs is 1. The highest BCUT2D eigenvalue weighted by molar-refractivity contribution is 7.90. The lowest BCUT2D eigenvalue weighted by molar-refractivity contribution is -0.143. The van der Waals surface area contributed by atoms with E-state index < -0.39 is 28.6 Å². The Bertz CT molecular complexity index is 1060. The van der Waals surface area contributed by atoms with Crippen LogP contribution in [0.5, 0.6) is 5.75 Å². The van der Waals surface area contributed by atoms with Crippen molar-refractivity contribution in [3.05, 3.63) is 59.7 Å². The number of Topliss-reactive ketones (excluding diaryl/α,β-unsaturated/α-hetero) is 1. The van der Waals surface area contributed by atoms with Crippen molar-refractivity contribution in [2.45, 2.75) is 24.8 Å². The molecule has 0 radical (unpaired) electrons. The van der Waals surface area contributed by atoms with Gasteiger partial charge in [-0.25, -0.2) is 13.2 Å². The highest BCUT2D eigenvalue weighted by Gasteiger charge is 2.31. The molecular formula is C20H20N2O6S. The van der Waals surface area contributed by atoms with Gasteiger partial charge in [0.05, 0.1) is 11.5 Å². The molecule has 1 heterocycles.